The zero-order chi connectivity index (χ0) is 12.1. The Morgan fingerprint density at radius 2 is 2.06 bits per heavy atom. The first kappa shape index (κ1) is 13.3. The van der Waals surface area contributed by atoms with Crippen molar-refractivity contribution in [2.75, 3.05) is 14.1 Å². The Kier molecular flexibility index (Phi) is 5.08. The molecule has 1 unspecified atom stereocenters. The Morgan fingerprint density at radius 1 is 1.38 bits per heavy atom. The summed E-state index contributed by atoms with van der Waals surface area (Å²) in [7, 11) is 3.96. The van der Waals surface area contributed by atoms with Crippen molar-refractivity contribution in [3.8, 4) is 6.07 Å². The maximum atomic E-state index is 8.63. The van der Waals surface area contributed by atoms with Crippen LogP contribution in [0.15, 0.2) is 18.2 Å². The van der Waals surface area contributed by atoms with Gasteiger partial charge < -0.3 is 4.90 Å². The minimum atomic E-state index is 0.157. The summed E-state index contributed by atoms with van der Waals surface area (Å²) in [5.74, 6) is 0. The van der Waals surface area contributed by atoms with Crippen molar-refractivity contribution in [1.29, 1.82) is 5.26 Å². The fraction of sp³-hybridized carbons (Fsp3) is 0.417. The Hall–Kier alpha value is -0.750. The van der Waals surface area contributed by atoms with Crippen LogP contribution in [0.2, 0.25) is 10.0 Å². The molecule has 2 nitrogen and oxygen atoms in total. The maximum absolute atomic E-state index is 8.63. The molecule has 0 aliphatic carbocycles. The van der Waals surface area contributed by atoms with E-state index in [4.69, 9.17) is 28.5 Å². The molecule has 1 aromatic rings. The molecule has 0 aliphatic heterocycles. The Labute approximate surface area is 106 Å². The van der Waals surface area contributed by atoms with Crippen LogP contribution in [-0.2, 0) is 0 Å². The molecular formula is C12H14Cl2N2. The summed E-state index contributed by atoms with van der Waals surface area (Å²) >= 11 is 12.0. The monoisotopic (exact) mass is 256 g/mol. The van der Waals surface area contributed by atoms with E-state index in [9.17, 15) is 0 Å². The van der Waals surface area contributed by atoms with Gasteiger partial charge in [0.1, 0.15) is 0 Å². The molecule has 4 heteroatoms. The van der Waals surface area contributed by atoms with Gasteiger partial charge in [0.05, 0.1) is 6.07 Å². The smallest absolute Gasteiger partial charge is 0.0622 e. The second kappa shape index (κ2) is 6.10. The van der Waals surface area contributed by atoms with Gasteiger partial charge in [-0.1, -0.05) is 29.3 Å². The van der Waals surface area contributed by atoms with Crippen LogP contribution in [0.4, 0.5) is 0 Å². The lowest BCUT2D eigenvalue weighted by Crippen LogP contribution is -2.20. The highest BCUT2D eigenvalue weighted by Crippen LogP contribution is 2.31. The lowest BCUT2D eigenvalue weighted by Gasteiger charge is -2.24. The van der Waals surface area contributed by atoms with E-state index >= 15 is 0 Å². The fourth-order valence-electron chi connectivity index (χ4n) is 1.66. The first-order valence-corrected chi connectivity index (χ1v) is 5.80. The van der Waals surface area contributed by atoms with Crippen LogP contribution < -0.4 is 0 Å². The highest BCUT2D eigenvalue weighted by Gasteiger charge is 2.16. The van der Waals surface area contributed by atoms with Crippen molar-refractivity contribution in [2.24, 2.45) is 0 Å². The van der Waals surface area contributed by atoms with Gasteiger partial charge in [0.2, 0.25) is 0 Å². The van der Waals surface area contributed by atoms with E-state index in [2.05, 4.69) is 11.0 Å². The number of nitrogens with zero attached hydrogens (tertiary/aromatic N) is 2. The molecule has 86 valence electrons. The molecule has 0 radical (unpaired) electrons. The summed E-state index contributed by atoms with van der Waals surface area (Å²) in [5.41, 5.74) is 1.02. The van der Waals surface area contributed by atoms with Crippen molar-refractivity contribution in [2.45, 2.75) is 18.9 Å². The minimum Gasteiger partial charge on any atom is -0.302 e. The average Bonchev–Trinajstić information content (AvgIpc) is 2.20. The Bertz CT molecular complexity index is 396. The topological polar surface area (TPSA) is 27.0 Å². The van der Waals surface area contributed by atoms with E-state index in [1.54, 1.807) is 6.07 Å². The summed E-state index contributed by atoms with van der Waals surface area (Å²) in [4.78, 5) is 2.06. The number of halogens is 2. The van der Waals surface area contributed by atoms with Gasteiger partial charge in [0.15, 0.2) is 0 Å². The zero-order valence-corrected chi connectivity index (χ0v) is 10.9. The van der Waals surface area contributed by atoms with E-state index in [0.717, 1.165) is 12.0 Å². The van der Waals surface area contributed by atoms with Gasteiger partial charge in [-0.25, -0.2) is 0 Å². The highest BCUT2D eigenvalue weighted by molar-refractivity contribution is 6.35. The number of benzene rings is 1. The summed E-state index contributed by atoms with van der Waals surface area (Å²) in [6, 6.07) is 7.80. The van der Waals surface area contributed by atoms with Crippen molar-refractivity contribution >= 4 is 23.2 Å². The molecule has 0 aromatic heterocycles. The number of nitriles is 1. The molecular weight excluding hydrogens is 243 g/mol. The summed E-state index contributed by atoms with van der Waals surface area (Å²) < 4.78 is 0. The summed E-state index contributed by atoms with van der Waals surface area (Å²) in [6.45, 7) is 0. The van der Waals surface area contributed by atoms with E-state index in [-0.39, 0.29) is 6.04 Å². The third kappa shape index (κ3) is 3.38. The van der Waals surface area contributed by atoms with Gasteiger partial charge in [-0.3, -0.25) is 0 Å². The van der Waals surface area contributed by atoms with Crippen molar-refractivity contribution in [3.63, 3.8) is 0 Å². The maximum Gasteiger partial charge on any atom is 0.0622 e. The second-order valence-electron chi connectivity index (χ2n) is 3.84. The first-order valence-electron chi connectivity index (χ1n) is 5.04. The SMILES string of the molecule is CN(C)C(CCC#N)c1ccc(Cl)cc1Cl. The van der Waals surface area contributed by atoms with Gasteiger partial charge in [0.25, 0.3) is 0 Å². The van der Waals surface area contributed by atoms with Gasteiger partial charge in [-0.2, -0.15) is 5.26 Å². The molecule has 0 bridgehead atoms. The molecule has 1 atom stereocenters. The van der Waals surface area contributed by atoms with Crippen LogP contribution in [0.3, 0.4) is 0 Å². The Morgan fingerprint density at radius 3 is 2.56 bits per heavy atom. The molecule has 0 saturated carbocycles. The summed E-state index contributed by atoms with van der Waals surface area (Å²) in [5, 5.41) is 9.92. The minimum absolute atomic E-state index is 0.157. The Balaban J connectivity index is 2.97. The zero-order valence-electron chi connectivity index (χ0n) is 9.37. The normalized spacial score (nSPS) is 12.5. The van der Waals surface area contributed by atoms with E-state index in [0.29, 0.717) is 16.5 Å². The number of rotatable bonds is 4. The third-order valence-corrected chi connectivity index (χ3v) is 3.04. The van der Waals surface area contributed by atoms with Crippen molar-refractivity contribution in [1.82, 2.24) is 4.90 Å². The predicted molar refractivity (Wildman–Crippen MR) is 67.7 cm³/mol. The van der Waals surface area contributed by atoms with E-state index in [1.807, 2.05) is 26.2 Å². The highest BCUT2D eigenvalue weighted by atomic mass is 35.5. The van der Waals surface area contributed by atoms with Gasteiger partial charge in [-0.15, -0.1) is 0 Å². The van der Waals surface area contributed by atoms with Crippen LogP contribution in [0.5, 0.6) is 0 Å². The standard InChI is InChI=1S/C12H14Cl2N2/c1-16(2)12(4-3-7-15)10-6-5-9(13)8-11(10)14/h5-6,8,12H,3-4H2,1-2H3. The largest absolute Gasteiger partial charge is 0.302 e. The predicted octanol–water partition coefficient (Wildman–Crippen LogP) is 3.90. The quantitative estimate of drug-likeness (QED) is 0.817. The molecule has 0 N–H and O–H groups in total. The van der Waals surface area contributed by atoms with Gasteiger partial charge in [-0.05, 0) is 38.2 Å². The first-order chi connectivity index (χ1) is 7.56. The average molecular weight is 257 g/mol. The molecule has 0 spiro atoms. The molecule has 0 heterocycles. The van der Waals surface area contributed by atoms with Crippen LogP contribution in [0.1, 0.15) is 24.4 Å². The number of hydrogen-bond acceptors (Lipinski definition) is 2. The lowest BCUT2D eigenvalue weighted by atomic mass is 10.0. The van der Waals surface area contributed by atoms with Crippen LogP contribution in [0, 0.1) is 11.3 Å². The summed E-state index contributed by atoms with van der Waals surface area (Å²) in [6.07, 6.45) is 1.28. The molecule has 0 aliphatic rings. The molecule has 0 saturated heterocycles. The van der Waals surface area contributed by atoms with Gasteiger partial charge in [0, 0.05) is 22.5 Å². The van der Waals surface area contributed by atoms with Gasteiger partial charge >= 0.3 is 0 Å². The van der Waals surface area contributed by atoms with E-state index in [1.165, 1.54) is 0 Å². The third-order valence-electron chi connectivity index (χ3n) is 2.47. The molecule has 1 rings (SSSR count). The van der Waals surface area contributed by atoms with Crippen molar-refractivity contribution in [3.05, 3.63) is 33.8 Å². The molecule has 1 aromatic carbocycles. The van der Waals surface area contributed by atoms with E-state index < -0.39 is 0 Å². The fourth-order valence-corrected chi connectivity index (χ4v) is 2.20. The lowest BCUT2D eigenvalue weighted by molar-refractivity contribution is 0.286. The molecule has 0 amide bonds. The van der Waals surface area contributed by atoms with Crippen molar-refractivity contribution < 1.29 is 0 Å². The number of hydrogen-bond donors (Lipinski definition) is 0. The van der Waals surface area contributed by atoms with Crippen LogP contribution in [-0.4, -0.2) is 19.0 Å². The van der Waals surface area contributed by atoms with Crippen LogP contribution >= 0.6 is 23.2 Å². The van der Waals surface area contributed by atoms with Crippen LogP contribution in [0.25, 0.3) is 0 Å². The second-order valence-corrected chi connectivity index (χ2v) is 4.69. The molecule has 16 heavy (non-hydrogen) atoms. The molecule has 0 fully saturated rings.